The average Bonchev–Trinajstić information content (AvgIpc) is 3.27. The summed E-state index contributed by atoms with van der Waals surface area (Å²) >= 11 is 19.1. The highest BCUT2D eigenvalue weighted by atomic mass is 35.5. The van der Waals surface area contributed by atoms with Crippen LogP contribution >= 0.6 is 34.8 Å². The van der Waals surface area contributed by atoms with Crippen molar-refractivity contribution in [2.24, 2.45) is 0 Å². The Balaban J connectivity index is 1.44. The first kappa shape index (κ1) is 21.9. The minimum absolute atomic E-state index is 0.284. The molecule has 0 radical (unpaired) electrons. The first-order valence-electron chi connectivity index (χ1n) is 9.61. The summed E-state index contributed by atoms with van der Waals surface area (Å²) in [4.78, 5) is 0. The molecule has 1 aromatic heterocycles. The molecule has 1 fully saturated rings. The standard InChI is InChI=1S/C20H26Cl3N3O2/c1-14-16(11-24-8-4-9-27-13-15-5-3-10-28-15)20(23)26(25-14)12-17-18(21)6-2-7-19(17)22/h2,6-7,15,24H,3-5,8-13H2,1H3/t15-/m1/s1. The van der Waals surface area contributed by atoms with Gasteiger partial charge in [-0.05, 0) is 44.9 Å². The van der Waals surface area contributed by atoms with Gasteiger partial charge in [0, 0.05) is 40.9 Å². The van der Waals surface area contributed by atoms with Crippen LogP contribution in [0.2, 0.25) is 15.2 Å². The molecule has 0 aliphatic carbocycles. The molecule has 8 heteroatoms. The van der Waals surface area contributed by atoms with Gasteiger partial charge in [-0.3, -0.25) is 0 Å². The van der Waals surface area contributed by atoms with Crippen LogP contribution < -0.4 is 5.32 Å². The van der Waals surface area contributed by atoms with Crippen molar-refractivity contribution < 1.29 is 9.47 Å². The minimum atomic E-state index is 0.284. The summed E-state index contributed by atoms with van der Waals surface area (Å²) in [6.07, 6.45) is 3.48. The summed E-state index contributed by atoms with van der Waals surface area (Å²) < 4.78 is 13.0. The number of aryl methyl sites for hydroxylation is 1. The lowest BCUT2D eigenvalue weighted by atomic mass is 10.2. The van der Waals surface area contributed by atoms with Crippen LogP contribution in [0, 0.1) is 6.92 Å². The van der Waals surface area contributed by atoms with Crippen LogP contribution in [-0.4, -0.2) is 42.2 Å². The highest BCUT2D eigenvalue weighted by Gasteiger charge is 2.16. The largest absolute Gasteiger partial charge is 0.379 e. The van der Waals surface area contributed by atoms with Crippen LogP contribution in [0.5, 0.6) is 0 Å². The molecule has 0 amide bonds. The molecule has 28 heavy (non-hydrogen) atoms. The SMILES string of the molecule is Cc1nn(Cc2c(Cl)cccc2Cl)c(Cl)c1CNCCCOC[C@H]1CCCO1. The second-order valence-corrected chi connectivity index (χ2v) is 8.13. The normalized spacial score (nSPS) is 16.8. The van der Waals surface area contributed by atoms with Gasteiger partial charge in [0.25, 0.3) is 0 Å². The summed E-state index contributed by atoms with van der Waals surface area (Å²) in [6, 6.07) is 5.46. The van der Waals surface area contributed by atoms with E-state index >= 15 is 0 Å². The van der Waals surface area contributed by atoms with Gasteiger partial charge < -0.3 is 14.8 Å². The lowest BCUT2D eigenvalue weighted by Crippen LogP contribution is -2.19. The number of benzene rings is 1. The molecule has 1 atom stereocenters. The van der Waals surface area contributed by atoms with Gasteiger partial charge in [-0.25, -0.2) is 4.68 Å². The van der Waals surface area contributed by atoms with Crippen LogP contribution in [0.1, 0.15) is 36.1 Å². The van der Waals surface area contributed by atoms with E-state index in [2.05, 4.69) is 10.4 Å². The van der Waals surface area contributed by atoms with Gasteiger partial charge in [-0.2, -0.15) is 5.10 Å². The maximum Gasteiger partial charge on any atom is 0.132 e. The first-order valence-corrected chi connectivity index (χ1v) is 10.7. The zero-order valence-electron chi connectivity index (χ0n) is 16.0. The Hall–Kier alpha value is -0.820. The van der Waals surface area contributed by atoms with Crippen molar-refractivity contribution in [3.63, 3.8) is 0 Å². The fraction of sp³-hybridized carbons (Fsp3) is 0.550. The number of rotatable bonds is 10. The number of halogens is 3. The molecule has 154 valence electrons. The smallest absolute Gasteiger partial charge is 0.132 e. The summed E-state index contributed by atoms with van der Waals surface area (Å²) in [5.74, 6) is 0. The zero-order chi connectivity index (χ0) is 19.9. The molecule has 1 aliphatic heterocycles. The van der Waals surface area contributed by atoms with E-state index in [1.165, 1.54) is 0 Å². The maximum atomic E-state index is 6.56. The monoisotopic (exact) mass is 445 g/mol. The lowest BCUT2D eigenvalue weighted by molar-refractivity contribution is 0.0166. The molecule has 0 spiro atoms. The van der Waals surface area contributed by atoms with Crippen molar-refractivity contribution in [2.45, 2.75) is 45.4 Å². The van der Waals surface area contributed by atoms with Crippen LogP contribution in [0.4, 0.5) is 0 Å². The number of aromatic nitrogens is 2. The van der Waals surface area contributed by atoms with Crippen molar-refractivity contribution >= 4 is 34.8 Å². The number of hydrogen-bond donors (Lipinski definition) is 1. The molecule has 2 aromatic rings. The Morgan fingerprint density at radius 3 is 2.75 bits per heavy atom. The fourth-order valence-corrected chi connectivity index (χ4v) is 4.05. The molecule has 1 saturated heterocycles. The van der Waals surface area contributed by atoms with E-state index in [-0.39, 0.29) is 6.10 Å². The third-order valence-corrected chi connectivity index (χ3v) is 5.96. The van der Waals surface area contributed by atoms with Crippen molar-refractivity contribution in [3.05, 3.63) is 50.2 Å². The predicted molar refractivity (Wildman–Crippen MR) is 114 cm³/mol. The van der Waals surface area contributed by atoms with Gasteiger partial charge in [0.05, 0.1) is 24.9 Å². The molecule has 0 saturated carbocycles. The van der Waals surface area contributed by atoms with Crippen LogP contribution in [0.25, 0.3) is 0 Å². The lowest BCUT2D eigenvalue weighted by Gasteiger charge is -2.10. The number of nitrogens with one attached hydrogen (secondary N) is 1. The molecule has 5 nitrogen and oxygen atoms in total. The Morgan fingerprint density at radius 2 is 2.04 bits per heavy atom. The third-order valence-electron chi connectivity index (χ3n) is 4.82. The van der Waals surface area contributed by atoms with Crippen LogP contribution in [0.3, 0.4) is 0 Å². The molecule has 3 rings (SSSR count). The van der Waals surface area contributed by atoms with E-state index in [4.69, 9.17) is 44.3 Å². The Morgan fingerprint density at radius 1 is 1.25 bits per heavy atom. The maximum absolute atomic E-state index is 6.56. The summed E-state index contributed by atoms with van der Waals surface area (Å²) in [5.41, 5.74) is 2.71. The van der Waals surface area contributed by atoms with Crippen molar-refractivity contribution in [1.82, 2.24) is 15.1 Å². The third kappa shape index (κ3) is 5.85. The Labute approximate surface area is 181 Å². The minimum Gasteiger partial charge on any atom is -0.379 e. The molecule has 2 heterocycles. The number of nitrogens with zero attached hydrogens (tertiary/aromatic N) is 2. The predicted octanol–water partition coefficient (Wildman–Crippen LogP) is 4.88. The highest BCUT2D eigenvalue weighted by molar-refractivity contribution is 6.36. The van der Waals surface area contributed by atoms with Gasteiger partial charge in [0.2, 0.25) is 0 Å². The quantitative estimate of drug-likeness (QED) is 0.529. The molecule has 0 bridgehead atoms. The van der Waals surface area contributed by atoms with E-state index in [0.717, 1.165) is 55.8 Å². The highest BCUT2D eigenvalue weighted by Crippen LogP contribution is 2.27. The second kappa shape index (κ2) is 10.8. The molecule has 1 aromatic carbocycles. The second-order valence-electron chi connectivity index (χ2n) is 6.95. The topological polar surface area (TPSA) is 48.3 Å². The Kier molecular flexibility index (Phi) is 8.45. The van der Waals surface area contributed by atoms with Gasteiger partial charge in [-0.1, -0.05) is 40.9 Å². The van der Waals surface area contributed by atoms with E-state index in [1.807, 2.05) is 25.1 Å². The van der Waals surface area contributed by atoms with Crippen LogP contribution in [-0.2, 0) is 22.6 Å². The van der Waals surface area contributed by atoms with Crippen molar-refractivity contribution in [3.8, 4) is 0 Å². The van der Waals surface area contributed by atoms with Gasteiger partial charge >= 0.3 is 0 Å². The van der Waals surface area contributed by atoms with Crippen molar-refractivity contribution in [2.75, 3.05) is 26.4 Å². The zero-order valence-corrected chi connectivity index (χ0v) is 18.3. The molecule has 0 unspecified atom stereocenters. The summed E-state index contributed by atoms with van der Waals surface area (Å²) in [7, 11) is 0. The van der Waals surface area contributed by atoms with E-state index < -0.39 is 0 Å². The molecule has 1 aliphatic rings. The van der Waals surface area contributed by atoms with Gasteiger partial charge in [-0.15, -0.1) is 0 Å². The summed E-state index contributed by atoms with van der Waals surface area (Å²) in [5, 5.41) is 9.79. The van der Waals surface area contributed by atoms with Crippen LogP contribution in [0.15, 0.2) is 18.2 Å². The summed E-state index contributed by atoms with van der Waals surface area (Å²) in [6.45, 7) is 6.20. The number of ether oxygens (including phenoxy) is 2. The van der Waals surface area contributed by atoms with Gasteiger partial charge in [0.1, 0.15) is 5.15 Å². The Bertz CT molecular complexity index is 756. The van der Waals surface area contributed by atoms with E-state index in [0.29, 0.717) is 34.9 Å². The van der Waals surface area contributed by atoms with E-state index in [1.54, 1.807) is 4.68 Å². The number of hydrogen-bond acceptors (Lipinski definition) is 4. The molecular weight excluding hydrogens is 421 g/mol. The molecular formula is C20H26Cl3N3O2. The molecule has 1 N–H and O–H groups in total. The first-order chi connectivity index (χ1) is 13.6. The fourth-order valence-electron chi connectivity index (χ4n) is 3.23. The van der Waals surface area contributed by atoms with Crippen molar-refractivity contribution in [1.29, 1.82) is 0 Å². The average molecular weight is 447 g/mol. The van der Waals surface area contributed by atoms with Gasteiger partial charge in [0.15, 0.2) is 0 Å². The van der Waals surface area contributed by atoms with E-state index in [9.17, 15) is 0 Å².